The first-order chi connectivity index (χ1) is 9.51. The number of rotatable bonds is 1. The number of nitrogens with zero attached hydrogens (tertiary/aromatic N) is 3. The van der Waals surface area contributed by atoms with E-state index in [1.54, 1.807) is 10.9 Å². The van der Waals surface area contributed by atoms with Crippen LogP contribution in [-0.4, -0.2) is 46.1 Å². The van der Waals surface area contributed by atoms with Gasteiger partial charge in [0.05, 0.1) is 11.8 Å². The molecule has 0 aliphatic carbocycles. The van der Waals surface area contributed by atoms with Crippen LogP contribution in [0, 0.1) is 12.3 Å². The van der Waals surface area contributed by atoms with Crippen LogP contribution in [0.25, 0.3) is 0 Å². The summed E-state index contributed by atoms with van der Waals surface area (Å²) >= 11 is 0. The zero-order valence-electron chi connectivity index (χ0n) is 12.0. The maximum Gasteiger partial charge on any atom is 0.257 e. The minimum atomic E-state index is 0.0581. The number of hydrogen-bond acceptors (Lipinski definition) is 3. The Bertz CT molecular complexity index is 556. The predicted molar refractivity (Wildman–Crippen MR) is 73.1 cm³/mol. The van der Waals surface area contributed by atoms with Crippen LogP contribution in [0.3, 0.4) is 0 Å². The van der Waals surface area contributed by atoms with Crippen molar-refractivity contribution in [3.63, 3.8) is 0 Å². The number of aryl methyl sites for hydroxylation is 1. The van der Waals surface area contributed by atoms with E-state index in [-0.39, 0.29) is 17.2 Å². The first-order valence-corrected chi connectivity index (χ1v) is 7.05. The Balaban J connectivity index is 1.68. The number of hydrogen-bond donors (Lipinski definition) is 1. The van der Waals surface area contributed by atoms with Crippen LogP contribution >= 0.6 is 0 Å². The summed E-state index contributed by atoms with van der Waals surface area (Å²) in [6.07, 6.45) is 4.05. The van der Waals surface area contributed by atoms with Gasteiger partial charge in [-0.3, -0.25) is 14.3 Å². The first-order valence-electron chi connectivity index (χ1n) is 7.05. The summed E-state index contributed by atoms with van der Waals surface area (Å²) in [7, 11) is 1.84. The smallest absolute Gasteiger partial charge is 0.257 e. The van der Waals surface area contributed by atoms with E-state index in [0.29, 0.717) is 12.0 Å². The molecule has 3 heterocycles. The summed E-state index contributed by atoms with van der Waals surface area (Å²) in [4.78, 5) is 25.8. The number of piperidine rings is 1. The van der Waals surface area contributed by atoms with Crippen LogP contribution in [0.2, 0.25) is 0 Å². The molecular weight excluding hydrogens is 256 g/mol. The van der Waals surface area contributed by atoms with E-state index in [1.165, 1.54) is 0 Å². The van der Waals surface area contributed by atoms with Gasteiger partial charge in [-0.05, 0) is 25.2 Å². The van der Waals surface area contributed by atoms with Crippen molar-refractivity contribution in [1.82, 2.24) is 20.0 Å². The van der Waals surface area contributed by atoms with Crippen LogP contribution in [-0.2, 0) is 11.8 Å². The number of amides is 2. The summed E-state index contributed by atoms with van der Waals surface area (Å²) in [5, 5.41) is 7.04. The standard InChI is InChI=1S/C14H20N4O2/c1-10-11(8-16-17(10)2)13(20)18-5-3-14(4-6-18)7-12(19)15-9-14/h8H,3-7,9H2,1-2H3,(H,15,19). The largest absolute Gasteiger partial charge is 0.356 e. The van der Waals surface area contributed by atoms with E-state index in [1.807, 2.05) is 18.9 Å². The molecule has 0 atom stereocenters. The zero-order valence-corrected chi connectivity index (χ0v) is 12.0. The van der Waals surface area contributed by atoms with Gasteiger partial charge in [0.25, 0.3) is 5.91 Å². The minimum Gasteiger partial charge on any atom is -0.356 e. The molecule has 108 valence electrons. The Morgan fingerprint density at radius 2 is 2.10 bits per heavy atom. The molecule has 0 radical (unpaired) electrons. The highest BCUT2D eigenvalue weighted by molar-refractivity contribution is 5.95. The molecule has 0 saturated carbocycles. The number of carbonyl (C=O) groups is 2. The molecule has 1 N–H and O–H groups in total. The highest BCUT2D eigenvalue weighted by Gasteiger charge is 2.41. The van der Waals surface area contributed by atoms with E-state index in [4.69, 9.17) is 0 Å². The normalized spacial score (nSPS) is 21.3. The van der Waals surface area contributed by atoms with Crippen LogP contribution in [0.5, 0.6) is 0 Å². The minimum absolute atomic E-state index is 0.0581. The quantitative estimate of drug-likeness (QED) is 0.811. The second kappa shape index (κ2) is 4.61. The van der Waals surface area contributed by atoms with E-state index < -0.39 is 0 Å². The third-order valence-corrected chi connectivity index (χ3v) is 4.77. The van der Waals surface area contributed by atoms with Crippen LogP contribution in [0.15, 0.2) is 6.20 Å². The molecule has 0 unspecified atom stereocenters. The molecule has 6 nitrogen and oxygen atoms in total. The van der Waals surface area contributed by atoms with Crippen molar-refractivity contribution in [2.45, 2.75) is 26.2 Å². The molecule has 1 aromatic heterocycles. The van der Waals surface area contributed by atoms with Gasteiger partial charge >= 0.3 is 0 Å². The first kappa shape index (κ1) is 13.1. The second-order valence-corrected chi connectivity index (χ2v) is 6.01. The lowest BCUT2D eigenvalue weighted by Gasteiger charge is -2.38. The zero-order chi connectivity index (χ0) is 14.3. The van der Waals surface area contributed by atoms with Gasteiger partial charge in [0.15, 0.2) is 0 Å². The van der Waals surface area contributed by atoms with E-state index in [9.17, 15) is 9.59 Å². The van der Waals surface area contributed by atoms with Crippen molar-refractivity contribution in [3.8, 4) is 0 Å². The van der Waals surface area contributed by atoms with Gasteiger partial charge in [-0.2, -0.15) is 5.10 Å². The molecule has 2 fully saturated rings. The molecule has 0 aromatic carbocycles. The maximum atomic E-state index is 12.5. The molecule has 2 aliphatic rings. The van der Waals surface area contributed by atoms with Crippen molar-refractivity contribution < 1.29 is 9.59 Å². The molecule has 2 amide bonds. The molecule has 20 heavy (non-hydrogen) atoms. The number of likely N-dealkylation sites (tertiary alicyclic amines) is 1. The highest BCUT2D eigenvalue weighted by atomic mass is 16.2. The number of carbonyl (C=O) groups excluding carboxylic acids is 2. The van der Waals surface area contributed by atoms with Crippen molar-refractivity contribution in [2.75, 3.05) is 19.6 Å². The Labute approximate surface area is 118 Å². The highest BCUT2D eigenvalue weighted by Crippen LogP contribution is 2.37. The Hall–Kier alpha value is -1.85. The molecule has 1 spiro atoms. The molecular formula is C14H20N4O2. The molecule has 1 aromatic rings. The topological polar surface area (TPSA) is 67.2 Å². The molecule has 3 rings (SSSR count). The summed E-state index contributed by atoms with van der Waals surface area (Å²) in [5.41, 5.74) is 1.66. The van der Waals surface area contributed by atoms with Crippen LogP contribution in [0.1, 0.15) is 35.3 Å². The lowest BCUT2D eigenvalue weighted by Crippen LogP contribution is -2.44. The lowest BCUT2D eigenvalue weighted by molar-refractivity contribution is -0.119. The predicted octanol–water partition coefficient (Wildman–Crippen LogP) is 0.471. The van der Waals surface area contributed by atoms with E-state index in [2.05, 4.69) is 10.4 Å². The van der Waals surface area contributed by atoms with Gasteiger partial charge in [0.2, 0.25) is 5.91 Å². The molecule has 2 saturated heterocycles. The average molecular weight is 276 g/mol. The Morgan fingerprint density at radius 1 is 1.40 bits per heavy atom. The average Bonchev–Trinajstić information content (AvgIpc) is 2.95. The number of aromatic nitrogens is 2. The number of nitrogens with one attached hydrogen (secondary N) is 1. The molecule has 0 bridgehead atoms. The maximum absolute atomic E-state index is 12.5. The van der Waals surface area contributed by atoms with Gasteiger partial charge in [-0.15, -0.1) is 0 Å². The van der Waals surface area contributed by atoms with Gasteiger partial charge in [-0.1, -0.05) is 0 Å². The second-order valence-electron chi connectivity index (χ2n) is 6.01. The summed E-state index contributed by atoms with van der Waals surface area (Å²) in [5.74, 6) is 0.204. The van der Waals surface area contributed by atoms with E-state index in [0.717, 1.165) is 38.2 Å². The monoisotopic (exact) mass is 276 g/mol. The fourth-order valence-corrected chi connectivity index (χ4v) is 3.17. The Morgan fingerprint density at radius 3 is 2.60 bits per heavy atom. The van der Waals surface area contributed by atoms with Crippen molar-refractivity contribution in [1.29, 1.82) is 0 Å². The molecule has 6 heteroatoms. The van der Waals surface area contributed by atoms with Crippen molar-refractivity contribution in [3.05, 3.63) is 17.5 Å². The van der Waals surface area contributed by atoms with Crippen molar-refractivity contribution >= 4 is 11.8 Å². The van der Waals surface area contributed by atoms with Crippen molar-refractivity contribution in [2.24, 2.45) is 12.5 Å². The summed E-state index contributed by atoms with van der Waals surface area (Å²) in [6, 6.07) is 0. The SMILES string of the molecule is Cc1c(C(=O)N2CCC3(CC2)CNC(=O)C3)cnn1C. The fraction of sp³-hybridized carbons (Fsp3) is 0.643. The van der Waals surface area contributed by atoms with Gasteiger partial charge in [0, 0.05) is 38.8 Å². The third-order valence-electron chi connectivity index (χ3n) is 4.77. The van der Waals surface area contributed by atoms with E-state index >= 15 is 0 Å². The van der Waals surface area contributed by atoms with Gasteiger partial charge < -0.3 is 10.2 Å². The summed E-state index contributed by atoms with van der Waals surface area (Å²) in [6.45, 7) is 4.12. The third kappa shape index (κ3) is 2.09. The summed E-state index contributed by atoms with van der Waals surface area (Å²) < 4.78 is 1.72. The Kier molecular flexibility index (Phi) is 3.03. The van der Waals surface area contributed by atoms with Gasteiger partial charge in [0.1, 0.15) is 0 Å². The van der Waals surface area contributed by atoms with Gasteiger partial charge in [-0.25, -0.2) is 0 Å². The lowest BCUT2D eigenvalue weighted by atomic mass is 9.77. The fourth-order valence-electron chi connectivity index (χ4n) is 3.17. The van der Waals surface area contributed by atoms with Crippen LogP contribution < -0.4 is 5.32 Å². The molecule has 2 aliphatic heterocycles. The van der Waals surface area contributed by atoms with Crippen LogP contribution in [0.4, 0.5) is 0 Å².